The van der Waals surface area contributed by atoms with Crippen molar-refractivity contribution in [3.63, 3.8) is 0 Å². The number of anilines is 1. The minimum absolute atomic E-state index is 0.326. The monoisotopic (exact) mass is 257 g/mol. The quantitative estimate of drug-likeness (QED) is 0.784. The molecule has 0 radical (unpaired) electrons. The molecule has 1 aromatic heterocycles. The Hall–Kier alpha value is -1.17. The van der Waals surface area contributed by atoms with Gasteiger partial charge >= 0.3 is 5.97 Å². The molecule has 0 unspecified atom stereocenters. The van der Waals surface area contributed by atoms with Crippen LogP contribution < -0.4 is 5.32 Å². The number of nitrogens with one attached hydrogen (secondary N) is 1. The first kappa shape index (κ1) is 13.9. The average Bonchev–Trinajstić information content (AvgIpc) is 2.64. The summed E-state index contributed by atoms with van der Waals surface area (Å²) in [6, 6.07) is -0.586. The molecule has 1 atom stereocenters. The van der Waals surface area contributed by atoms with E-state index in [1.807, 2.05) is 13.8 Å². The van der Waals surface area contributed by atoms with Gasteiger partial charge < -0.3 is 10.4 Å². The van der Waals surface area contributed by atoms with Gasteiger partial charge in [-0.25, -0.2) is 9.78 Å². The first-order valence-electron chi connectivity index (χ1n) is 5.84. The number of carbonyl (C=O) groups is 1. The summed E-state index contributed by atoms with van der Waals surface area (Å²) in [5, 5.41) is 12.6. The lowest BCUT2D eigenvalue weighted by Gasteiger charge is -2.15. The highest BCUT2D eigenvalue weighted by Crippen LogP contribution is 2.16. The van der Waals surface area contributed by atoms with Crippen LogP contribution >= 0.6 is 11.5 Å². The minimum Gasteiger partial charge on any atom is -0.480 e. The second-order valence-corrected chi connectivity index (χ2v) is 5.18. The fraction of sp³-hybridized carbons (Fsp3) is 0.727. The Morgan fingerprint density at radius 1 is 1.53 bits per heavy atom. The highest BCUT2D eigenvalue weighted by molar-refractivity contribution is 7.09. The Bertz CT molecular complexity index is 365. The van der Waals surface area contributed by atoms with Crippen LogP contribution in [-0.4, -0.2) is 26.5 Å². The van der Waals surface area contributed by atoms with Gasteiger partial charge in [0, 0.05) is 18.0 Å². The summed E-state index contributed by atoms with van der Waals surface area (Å²) in [7, 11) is 0. The van der Waals surface area contributed by atoms with Gasteiger partial charge in [-0.2, -0.15) is 4.37 Å². The van der Waals surface area contributed by atoms with Gasteiger partial charge in [0.15, 0.2) is 0 Å². The summed E-state index contributed by atoms with van der Waals surface area (Å²) >= 11 is 1.23. The lowest BCUT2D eigenvalue weighted by Crippen LogP contribution is -2.30. The predicted molar refractivity (Wildman–Crippen MR) is 68.4 cm³/mol. The molecule has 17 heavy (non-hydrogen) atoms. The normalized spacial score (nSPS) is 12.7. The van der Waals surface area contributed by atoms with Gasteiger partial charge in [-0.05, 0) is 18.8 Å². The number of aromatic nitrogens is 2. The molecule has 6 heteroatoms. The first-order chi connectivity index (χ1) is 8.02. The van der Waals surface area contributed by atoms with Crippen LogP contribution in [-0.2, 0) is 11.2 Å². The van der Waals surface area contributed by atoms with E-state index in [4.69, 9.17) is 5.11 Å². The number of carboxylic acid groups (broad SMARTS) is 1. The number of hydrogen-bond acceptors (Lipinski definition) is 5. The zero-order chi connectivity index (χ0) is 12.8. The zero-order valence-corrected chi connectivity index (χ0v) is 11.3. The molecular weight excluding hydrogens is 238 g/mol. The van der Waals surface area contributed by atoms with Crippen molar-refractivity contribution in [2.24, 2.45) is 5.92 Å². The second-order valence-electron chi connectivity index (χ2n) is 4.43. The Kier molecular flexibility index (Phi) is 5.34. The van der Waals surface area contributed by atoms with Crippen molar-refractivity contribution in [2.45, 2.75) is 46.1 Å². The smallest absolute Gasteiger partial charge is 0.326 e. The van der Waals surface area contributed by atoms with Gasteiger partial charge in [-0.3, -0.25) is 0 Å². The standard InChI is InChI=1S/C11H19N3O2S/c1-4-5-9-13-11(17-14-9)12-8(10(15)16)6-7(2)3/h7-8H,4-6H2,1-3H3,(H,15,16)(H,12,13,14)/t8-/m1/s1. The van der Waals surface area contributed by atoms with E-state index >= 15 is 0 Å². The van der Waals surface area contributed by atoms with Gasteiger partial charge in [-0.1, -0.05) is 20.8 Å². The molecule has 0 aliphatic rings. The zero-order valence-electron chi connectivity index (χ0n) is 10.4. The third kappa shape index (κ3) is 4.68. The third-order valence-electron chi connectivity index (χ3n) is 2.24. The lowest BCUT2D eigenvalue weighted by molar-refractivity contribution is -0.138. The number of aliphatic carboxylic acids is 1. The molecule has 0 fully saturated rings. The van der Waals surface area contributed by atoms with Crippen LogP contribution in [0.1, 0.15) is 39.4 Å². The van der Waals surface area contributed by atoms with E-state index in [1.165, 1.54) is 11.5 Å². The van der Waals surface area contributed by atoms with Gasteiger partial charge in [0.1, 0.15) is 11.9 Å². The van der Waals surface area contributed by atoms with Crippen LogP contribution in [0.4, 0.5) is 5.13 Å². The fourth-order valence-electron chi connectivity index (χ4n) is 1.48. The molecule has 0 spiro atoms. The van der Waals surface area contributed by atoms with E-state index < -0.39 is 12.0 Å². The molecule has 1 rings (SSSR count). The molecule has 1 aromatic rings. The third-order valence-corrected chi connectivity index (χ3v) is 2.93. The number of nitrogens with zero attached hydrogens (tertiary/aromatic N) is 2. The maximum Gasteiger partial charge on any atom is 0.326 e. The topological polar surface area (TPSA) is 75.1 Å². The van der Waals surface area contributed by atoms with Crippen molar-refractivity contribution >= 4 is 22.6 Å². The number of rotatable bonds is 7. The Morgan fingerprint density at radius 3 is 2.76 bits per heavy atom. The Balaban J connectivity index is 2.62. The van der Waals surface area contributed by atoms with Crippen molar-refractivity contribution in [1.82, 2.24) is 9.36 Å². The Labute approximate surface area is 105 Å². The summed E-state index contributed by atoms with van der Waals surface area (Å²) in [6.45, 7) is 6.06. The van der Waals surface area contributed by atoms with Crippen molar-refractivity contribution in [3.8, 4) is 0 Å². The molecule has 0 saturated heterocycles. The summed E-state index contributed by atoms with van der Waals surface area (Å²) in [5.41, 5.74) is 0. The highest BCUT2D eigenvalue weighted by Gasteiger charge is 2.20. The molecule has 0 bridgehead atoms. The molecule has 1 heterocycles. The number of aryl methyl sites for hydroxylation is 1. The van der Waals surface area contributed by atoms with Crippen molar-refractivity contribution in [3.05, 3.63) is 5.82 Å². The minimum atomic E-state index is -0.842. The van der Waals surface area contributed by atoms with E-state index in [-0.39, 0.29) is 0 Å². The maximum atomic E-state index is 11.1. The summed E-state index contributed by atoms with van der Waals surface area (Å²) < 4.78 is 4.17. The molecule has 96 valence electrons. The molecule has 5 nitrogen and oxygen atoms in total. The van der Waals surface area contributed by atoms with E-state index in [0.717, 1.165) is 18.7 Å². The van der Waals surface area contributed by atoms with Crippen LogP contribution in [0.5, 0.6) is 0 Å². The number of hydrogen-bond donors (Lipinski definition) is 2. The second kappa shape index (κ2) is 6.54. The lowest BCUT2D eigenvalue weighted by atomic mass is 10.0. The first-order valence-corrected chi connectivity index (χ1v) is 6.62. The summed E-state index contributed by atoms with van der Waals surface area (Å²) in [4.78, 5) is 15.3. The molecule has 0 aliphatic heterocycles. The molecule has 0 aromatic carbocycles. The SMILES string of the molecule is CCCc1nsc(N[C@H](CC(C)C)C(=O)O)n1. The largest absolute Gasteiger partial charge is 0.480 e. The molecule has 0 aliphatic carbocycles. The van der Waals surface area contributed by atoms with Gasteiger partial charge in [0.2, 0.25) is 5.13 Å². The van der Waals surface area contributed by atoms with Crippen LogP contribution in [0.3, 0.4) is 0 Å². The average molecular weight is 257 g/mol. The predicted octanol–water partition coefficient (Wildman–Crippen LogP) is 2.40. The van der Waals surface area contributed by atoms with E-state index in [1.54, 1.807) is 0 Å². The van der Waals surface area contributed by atoms with Crippen molar-refractivity contribution in [1.29, 1.82) is 0 Å². The van der Waals surface area contributed by atoms with Gasteiger partial charge in [0.25, 0.3) is 0 Å². The number of carboxylic acids is 1. The van der Waals surface area contributed by atoms with Crippen molar-refractivity contribution in [2.75, 3.05) is 5.32 Å². The van der Waals surface area contributed by atoms with Gasteiger partial charge in [-0.15, -0.1) is 0 Å². The van der Waals surface area contributed by atoms with Crippen molar-refractivity contribution < 1.29 is 9.90 Å². The van der Waals surface area contributed by atoms with E-state index in [0.29, 0.717) is 17.5 Å². The van der Waals surface area contributed by atoms with Crippen LogP contribution in [0.2, 0.25) is 0 Å². The molecular formula is C11H19N3O2S. The Morgan fingerprint density at radius 2 is 2.24 bits per heavy atom. The fourth-order valence-corrected chi connectivity index (χ4v) is 2.14. The van der Waals surface area contributed by atoms with Crippen LogP contribution in [0, 0.1) is 5.92 Å². The van der Waals surface area contributed by atoms with E-state index in [2.05, 4.69) is 21.6 Å². The van der Waals surface area contributed by atoms with Gasteiger partial charge in [0.05, 0.1) is 0 Å². The van der Waals surface area contributed by atoms with Crippen LogP contribution in [0.25, 0.3) is 0 Å². The maximum absolute atomic E-state index is 11.1. The summed E-state index contributed by atoms with van der Waals surface area (Å²) in [6.07, 6.45) is 2.41. The molecule has 2 N–H and O–H groups in total. The highest BCUT2D eigenvalue weighted by atomic mass is 32.1. The molecule has 0 amide bonds. The molecule has 0 saturated carbocycles. The van der Waals surface area contributed by atoms with E-state index in [9.17, 15) is 4.79 Å². The van der Waals surface area contributed by atoms with Crippen LogP contribution in [0.15, 0.2) is 0 Å². The summed E-state index contributed by atoms with van der Waals surface area (Å²) in [5.74, 6) is 0.270.